The van der Waals surface area contributed by atoms with E-state index in [0.29, 0.717) is 5.75 Å². The minimum Gasteiger partial charge on any atom is -0.496 e. The largest absolute Gasteiger partial charge is 0.496 e. The maximum Gasteiger partial charge on any atom is 0.123 e. The molecule has 1 unspecified atom stereocenters. The molecule has 0 aliphatic rings. The third-order valence-electron chi connectivity index (χ3n) is 3.48. The highest BCUT2D eigenvalue weighted by atomic mass is 19.1. The van der Waals surface area contributed by atoms with Crippen molar-refractivity contribution in [2.45, 2.75) is 19.4 Å². The molecule has 0 aliphatic carbocycles. The molecule has 20 heavy (non-hydrogen) atoms. The Kier molecular flexibility index (Phi) is 4.74. The lowest BCUT2D eigenvalue weighted by atomic mass is 9.97. The van der Waals surface area contributed by atoms with Crippen LogP contribution in [0.5, 0.6) is 5.75 Å². The van der Waals surface area contributed by atoms with Crippen LogP contribution >= 0.6 is 0 Å². The highest BCUT2D eigenvalue weighted by Crippen LogP contribution is 2.28. The topological polar surface area (TPSA) is 21.3 Å². The first-order valence-electron chi connectivity index (χ1n) is 6.70. The van der Waals surface area contributed by atoms with E-state index in [4.69, 9.17) is 4.74 Å². The number of rotatable bonds is 5. The van der Waals surface area contributed by atoms with Crippen molar-refractivity contribution in [3.05, 3.63) is 65.0 Å². The van der Waals surface area contributed by atoms with Crippen molar-refractivity contribution in [1.29, 1.82) is 0 Å². The summed E-state index contributed by atoms with van der Waals surface area (Å²) in [7, 11) is 3.48. The Morgan fingerprint density at radius 1 is 1.15 bits per heavy atom. The van der Waals surface area contributed by atoms with E-state index in [1.54, 1.807) is 13.2 Å². The van der Waals surface area contributed by atoms with Crippen LogP contribution in [0.2, 0.25) is 0 Å². The van der Waals surface area contributed by atoms with Crippen LogP contribution in [0.25, 0.3) is 0 Å². The van der Waals surface area contributed by atoms with Gasteiger partial charge in [0.25, 0.3) is 0 Å². The number of likely N-dealkylation sites (N-methyl/N-ethyl adjacent to an activating group) is 1. The lowest BCUT2D eigenvalue weighted by Gasteiger charge is -2.19. The molecule has 1 N–H and O–H groups in total. The van der Waals surface area contributed by atoms with Gasteiger partial charge in [-0.25, -0.2) is 4.39 Å². The predicted octanol–water partition coefficient (Wildman–Crippen LogP) is 3.65. The third-order valence-corrected chi connectivity index (χ3v) is 3.48. The van der Waals surface area contributed by atoms with Crippen molar-refractivity contribution in [3.8, 4) is 5.75 Å². The van der Waals surface area contributed by atoms with E-state index in [1.165, 1.54) is 23.3 Å². The van der Waals surface area contributed by atoms with E-state index in [-0.39, 0.29) is 11.9 Å². The monoisotopic (exact) mass is 273 g/mol. The number of hydrogen-bond acceptors (Lipinski definition) is 2. The van der Waals surface area contributed by atoms with Gasteiger partial charge in [-0.2, -0.15) is 0 Å². The van der Waals surface area contributed by atoms with E-state index in [1.807, 2.05) is 7.05 Å². The van der Waals surface area contributed by atoms with Crippen molar-refractivity contribution in [2.24, 2.45) is 0 Å². The fraction of sp³-hybridized carbons (Fsp3) is 0.294. The number of ether oxygens (including phenoxy) is 1. The SMILES string of the molecule is CNC(Cc1ccc(C)cc1)c1cc(F)ccc1OC. The molecule has 2 rings (SSSR count). The molecule has 3 heteroatoms. The van der Waals surface area contributed by atoms with E-state index < -0.39 is 0 Å². The zero-order valence-corrected chi connectivity index (χ0v) is 12.1. The zero-order chi connectivity index (χ0) is 14.5. The second kappa shape index (κ2) is 6.53. The van der Waals surface area contributed by atoms with Gasteiger partial charge in [0.15, 0.2) is 0 Å². The maximum absolute atomic E-state index is 13.5. The summed E-state index contributed by atoms with van der Waals surface area (Å²) in [5, 5.41) is 3.24. The van der Waals surface area contributed by atoms with Crippen LogP contribution in [0.4, 0.5) is 4.39 Å². The fourth-order valence-corrected chi connectivity index (χ4v) is 2.30. The van der Waals surface area contributed by atoms with Crippen LogP contribution in [-0.4, -0.2) is 14.2 Å². The molecule has 0 saturated heterocycles. The van der Waals surface area contributed by atoms with Gasteiger partial charge in [0.1, 0.15) is 11.6 Å². The molecule has 2 aromatic carbocycles. The Hall–Kier alpha value is -1.87. The number of methoxy groups -OCH3 is 1. The summed E-state index contributed by atoms with van der Waals surface area (Å²) in [6, 6.07) is 13.0. The summed E-state index contributed by atoms with van der Waals surface area (Å²) < 4.78 is 18.8. The van der Waals surface area contributed by atoms with Crippen molar-refractivity contribution < 1.29 is 9.13 Å². The van der Waals surface area contributed by atoms with Crippen LogP contribution in [0.3, 0.4) is 0 Å². The summed E-state index contributed by atoms with van der Waals surface area (Å²) in [5.74, 6) is 0.461. The lowest BCUT2D eigenvalue weighted by Crippen LogP contribution is -2.19. The minimum absolute atomic E-state index is 0.0170. The van der Waals surface area contributed by atoms with Gasteiger partial charge in [0, 0.05) is 11.6 Å². The molecular formula is C17H20FNO. The summed E-state index contributed by atoms with van der Waals surface area (Å²) in [6.45, 7) is 2.06. The molecule has 0 aliphatic heterocycles. The summed E-state index contributed by atoms with van der Waals surface area (Å²) in [4.78, 5) is 0. The van der Waals surface area contributed by atoms with Crippen LogP contribution in [0.15, 0.2) is 42.5 Å². The van der Waals surface area contributed by atoms with Crippen molar-refractivity contribution in [3.63, 3.8) is 0 Å². The highest BCUT2D eigenvalue weighted by Gasteiger charge is 2.16. The molecule has 1 atom stereocenters. The normalized spacial score (nSPS) is 12.2. The van der Waals surface area contributed by atoms with Crippen LogP contribution in [-0.2, 0) is 6.42 Å². The quantitative estimate of drug-likeness (QED) is 0.898. The molecule has 2 nitrogen and oxygen atoms in total. The van der Waals surface area contributed by atoms with Crippen molar-refractivity contribution in [1.82, 2.24) is 5.32 Å². The van der Waals surface area contributed by atoms with E-state index in [0.717, 1.165) is 12.0 Å². The Bertz CT molecular complexity index is 566. The Labute approximate surface area is 119 Å². The Morgan fingerprint density at radius 3 is 2.45 bits per heavy atom. The second-order valence-corrected chi connectivity index (χ2v) is 4.92. The average Bonchev–Trinajstić information content (AvgIpc) is 2.46. The number of aryl methyl sites for hydroxylation is 1. The summed E-state index contributed by atoms with van der Waals surface area (Å²) >= 11 is 0. The Morgan fingerprint density at radius 2 is 1.85 bits per heavy atom. The molecule has 0 bridgehead atoms. The first kappa shape index (κ1) is 14.5. The van der Waals surface area contributed by atoms with E-state index >= 15 is 0 Å². The van der Waals surface area contributed by atoms with Gasteiger partial charge >= 0.3 is 0 Å². The number of nitrogens with one attached hydrogen (secondary N) is 1. The van der Waals surface area contributed by atoms with E-state index in [9.17, 15) is 4.39 Å². The average molecular weight is 273 g/mol. The van der Waals surface area contributed by atoms with Gasteiger partial charge in [-0.05, 0) is 44.2 Å². The molecule has 0 spiro atoms. The highest BCUT2D eigenvalue weighted by molar-refractivity contribution is 5.37. The number of halogens is 1. The van der Waals surface area contributed by atoms with Gasteiger partial charge in [-0.3, -0.25) is 0 Å². The maximum atomic E-state index is 13.5. The fourth-order valence-electron chi connectivity index (χ4n) is 2.30. The van der Waals surface area contributed by atoms with Gasteiger partial charge in [0.2, 0.25) is 0 Å². The van der Waals surface area contributed by atoms with Crippen molar-refractivity contribution in [2.75, 3.05) is 14.2 Å². The lowest BCUT2D eigenvalue weighted by molar-refractivity contribution is 0.399. The molecular weight excluding hydrogens is 253 g/mol. The molecule has 2 aromatic rings. The second-order valence-electron chi connectivity index (χ2n) is 4.92. The standard InChI is InChI=1S/C17H20FNO/c1-12-4-6-13(7-5-12)10-16(19-2)15-11-14(18)8-9-17(15)20-3/h4-9,11,16,19H,10H2,1-3H3. The van der Waals surface area contributed by atoms with Gasteiger partial charge in [-0.15, -0.1) is 0 Å². The van der Waals surface area contributed by atoms with Crippen LogP contribution in [0.1, 0.15) is 22.7 Å². The molecule has 0 heterocycles. The van der Waals surface area contributed by atoms with Crippen molar-refractivity contribution >= 4 is 0 Å². The summed E-state index contributed by atoms with van der Waals surface area (Å²) in [5.41, 5.74) is 3.29. The van der Waals surface area contributed by atoms with E-state index in [2.05, 4.69) is 36.5 Å². The number of hydrogen-bond donors (Lipinski definition) is 1. The third kappa shape index (κ3) is 3.36. The first-order valence-corrected chi connectivity index (χ1v) is 6.70. The van der Waals surface area contributed by atoms with Crippen LogP contribution in [0, 0.1) is 12.7 Å². The van der Waals surface area contributed by atoms with Gasteiger partial charge in [-0.1, -0.05) is 29.8 Å². The Balaban J connectivity index is 2.28. The molecule has 0 aromatic heterocycles. The number of benzene rings is 2. The summed E-state index contributed by atoms with van der Waals surface area (Å²) in [6.07, 6.45) is 0.788. The molecule has 106 valence electrons. The molecule has 0 saturated carbocycles. The van der Waals surface area contributed by atoms with Gasteiger partial charge < -0.3 is 10.1 Å². The zero-order valence-electron chi connectivity index (χ0n) is 12.1. The minimum atomic E-state index is -0.245. The molecule has 0 fully saturated rings. The van der Waals surface area contributed by atoms with Gasteiger partial charge in [0.05, 0.1) is 7.11 Å². The predicted molar refractivity (Wildman–Crippen MR) is 79.6 cm³/mol. The molecule has 0 radical (unpaired) electrons. The molecule has 0 amide bonds. The first-order chi connectivity index (χ1) is 9.63. The van der Waals surface area contributed by atoms with Crippen LogP contribution < -0.4 is 10.1 Å². The smallest absolute Gasteiger partial charge is 0.123 e.